The third kappa shape index (κ3) is 2.50. The van der Waals surface area contributed by atoms with E-state index in [2.05, 4.69) is 30.6 Å². The molecule has 0 bridgehead atoms. The van der Waals surface area contributed by atoms with Gasteiger partial charge in [-0.05, 0) is 24.1 Å². The molecule has 7 nitrogen and oxygen atoms in total. The summed E-state index contributed by atoms with van der Waals surface area (Å²) in [6, 6.07) is 0. The van der Waals surface area contributed by atoms with Gasteiger partial charge in [0.05, 0.1) is 24.3 Å². The van der Waals surface area contributed by atoms with Crippen molar-refractivity contribution in [3.63, 3.8) is 0 Å². The minimum absolute atomic E-state index is 0.189. The molecule has 0 spiro atoms. The molecule has 3 heterocycles. The van der Waals surface area contributed by atoms with Crippen LogP contribution in [0.2, 0.25) is 5.28 Å². The molecule has 0 unspecified atom stereocenters. The van der Waals surface area contributed by atoms with E-state index < -0.39 is 0 Å². The van der Waals surface area contributed by atoms with Crippen molar-refractivity contribution in [3.05, 3.63) is 29.4 Å². The fraction of sp³-hybridized carbons (Fsp3) is 0.273. The first kappa shape index (κ1) is 11.9. The van der Waals surface area contributed by atoms with Crippen molar-refractivity contribution in [1.82, 2.24) is 29.9 Å². The summed E-state index contributed by atoms with van der Waals surface area (Å²) in [5.41, 5.74) is 1.76. The topological polar surface area (TPSA) is 84.3 Å². The number of hydrogen-bond acceptors (Lipinski definition) is 5. The molecule has 2 N–H and O–H groups in total. The first-order valence-electron chi connectivity index (χ1n) is 5.82. The zero-order valence-corrected chi connectivity index (χ0v) is 11.0. The molecule has 0 radical (unpaired) electrons. The van der Waals surface area contributed by atoms with Crippen LogP contribution < -0.4 is 5.32 Å². The third-order valence-electron chi connectivity index (χ3n) is 2.68. The van der Waals surface area contributed by atoms with Gasteiger partial charge in [0, 0.05) is 12.7 Å². The number of rotatable bonds is 4. The number of anilines is 1. The van der Waals surface area contributed by atoms with Gasteiger partial charge in [0.15, 0.2) is 5.65 Å². The Labute approximate surface area is 114 Å². The highest BCUT2D eigenvalue weighted by Crippen LogP contribution is 2.19. The number of nitrogens with zero attached hydrogens (tertiary/aromatic N) is 5. The largest absolute Gasteiger partial charge is 0.367 e. The lowest BCUT2D eigenvalue weighted by Crippen LogP contribution is -2.12. The normalized spacial score (nSPS) is 11.1. The minimum Gasteiger partial charge on any atom is -0.367 e. The van der Waals surface area contributed by atoms with E-state index in [0.29, 0.717) is 18.0 Å². The molecule has 0 aromatic carbocycles. The number of halogens is 1. The number of aromatic nitrogens is 6. The highest BCUT2D eigenvalue weighted by Gasteiger charge is 2.07. The first-order chi connectivity index (χ1) is 9.22. The van der Waals surface area contributed by atoms with E-state index in [1.807, 2.05) is 24.0 Å². The van der Waals surface area contributed by atoms with Gasteiger partial charge in [-0.1, -0.05) is 0 Å². The van der Waals surface area contributed by atoms with Gasteiger partial charge < -0.3 is 5.32 Å². The van der Waals surface area contributed by atoms with Gasteiger partial charge in [-0.3, -0.25) is 9.78 Å². The first-order valence-corrected chi connectivity index (χ1v) is 6.20. The number of fused-ring (bicyclic) bond motifs is 1. The predicted octanol–water partition coefficient (Wildman–Crippen LogP) is 1.62. The van der Waals surface area contributed by atoms with E-state index in [9.17, 15) is 0 Å². The van der Waals surface area contributed by atoms with Gasteiger partial charge in [0.1, 0.15) is 5.82 Å². The quantitative estimate of drug-likeness (QED) is 0.708. The van der Waals surface area contributed by atoms with Crippen molar-refractivity contribution < 1.29 is 0 Å². The summed E-state index contributed by atoms with van der Waals surface area (Å²) in [5, 5.41) is 15.1. The summed E-state index contributed by atoms with van der Waals surface area (Å²) in [5.74, 6) is 0.674. The Kier molecular flexibility index (Phi) is 3.04. The van der Waals surface area contributed by atoms with Crippen LogP contribution in [-0.4, -0.2) is 36.5 Å². The lowest BCUT2D eigenvalue weighted by atomic mass is 10.4. The van der Waals surface area contributed by atoms with Crippen molar-refractivity contribution in [2.24, 2.45) is 0 Å². The Morgan fingerprint density at radius 2 is 2.26 bits per heavy atom. The molecule has 8 heteroatoms. The summed E-state index contributed by atoms with van der Waals surface area (Å²) < 4.78 is 1.87. The van der Waals surface area contributed by atoms with E-state index in [1.165, 1.54) is 0 Å². The summed E-state index contributed by atoms with van der Waals surface area (Å²) in [6.07, 6.45) is 5.49. The summed E-state index contributed by atoms with van der Waals surface area (Å²) in [7, 11) is 0. The average Bonchev–Trinajstić information content (AvgIpc) is 2.98. The Hall–Kier alpha value is -2.15. The molecule has 0 fully saturated rings. The molecule has 3 aromatic heterocycles. The fourth-order valence-electron chi connectivity index (χ4n) is 1.82. The second kappa shape index (κ2) is 4.85. The number of H-pyrrole nitrogens is 1. The summed E-state index contributed by atoms with van der Waals surface area (Å²) in [6.45, 7) is 3.44. The van der Waals surface area contributed by atoms with Crippen LogP contribution in [0.4, 0.5) is 5.82 Å². The lowest BCUT2D eigenvalue weighted by Gasteiger charge is -2.06. The highest BCUT2D eigenvalue weighted by atomic mass is 35.5. The van der Waals surface area contributed by atoms with E-state index in [1.54, 1.807) is 6.20 Å². The van der Waals surface area contributed by atoms with E-state index in [0.717, 1.165) is 17.5 Å². The average molecular weight is 278 g/mol. The summed E-state index contributed by atoms with van der Waals surface area (Å²) in [4.78, 5) is 8.21. The van der Waals surface area contributed by atoms with E-state index in [-0.39, 0.29) is 5.28 Å². The smallest absolute Gasteiger partial charge is 0.226 e. The Morgan fingerprint density at radius 1 is 1.37 bits per heavy atom. The maximum atomic E-state index is 5.85. The van der Waals surface area contributed by atoms with Crippen molar-refractivity contribution >= 4 is 28.5 Å². The second-order valence-corrected chi connectivity index (χ2v) is 4.52. The van der Waals surface area contributed by atoms with Crippen molar-refractivity contribution in [3.8, 4) is 0 Å². The molecule has 98 valence electrons. The molecule has 3 aromatic rings. The van der Waals surface area contributed by atoms with Crippen LogP contribution in [0.3, 0.4) is 0 Å². The second-order valence-electron chi connectivity index (χ2n) is 4.18. The number of nitrogens with one attached hydrogen (secondary N) is 2. The van der Waals surface area contributed by atoms with Crippen molar-refractivity contribution in [1.29, 1.82) is 0 Å². The Balaban J connectivity index is 1.73. The van der Waals surface area contributed by atoms with Crippen molar-refractivity contribution in [2.45, 2.75) is 13.5 Å². The van der Waals surface area contributed by atoms with Gasteiger partial charge in [-0.25, -0.2) is 0 Å². The van der Waals surface area contributed by atoms with Gasteiger partial charge in [0.25, 0.3) is 0 Å². The van der Waals surface area contributed by atoms with Crippen molar-refractivity contribution in [2.75, 3.05) is 11.9 Å². The van der Waals surface area contributed by atoms with Gasteiger partial charge in [-0.2, -0.15) is 20.2 Å². The molecule has 0 saturated carbocycles. The molecule has 0 aliphatic carbocycles. The monoisotopic (exact) mass is 277 g/mol. The maximum absolute atomic E-state index is 5.85. The molecular weight excluding hydrogens is 266 g/mol. The van der Waals surface area contributed by atoms with Crippen LogP contribution >= 0.6 is 11.6 Å². The lowest BCUT2D eigenvalue weighted by molar-refractivity contribution is 0.637. The number of aryl methyl sites for hydroxylation is 1. The molecule has 3 rings (SSSR count). The molecule has 0 saturated heterocycles. The third-order valence-corrected chi connectivity index (χ3v) is 2.85. The standard InChI is InChI=1S/C11H12ClN7/c1-7-4-15-19(6-7)3-2-13-9-8-5-14-18-10(8)17-11(12)16-9/h4-6H,2-3H2,1H3,(H2,13,14,16,17,18). The SMILES string of the molecule is Cc1cnn(CCNc2nc(Cl)nc3[nH]ncc23)c1. The van der Waals surface area contributed by atoms with E-state index in [4.69, 9.17) is 11.6 Å². The molecule has 0 aliphatic heterocycles. The molecule has 0 aliphatic rings. The molecular formula is C11H12ClN7. The van der Waals surface area contributed by atoms with Gasteiger partial charge >= 0.3 is 0 Å². The van der Waals surface area contributed by atoms with Crippen LogP contribution in [0.5, 0.6) is 0 Å². The highest BCUT2D eigenvalue weighted by molar-refractivity contribution is 6.28. The summed E-state index contributed by atoms with van der Waals surface area (Å²) >= 11 is 5.85. The van der Waals surface area contributed by atoms with E-state index >= 15 is 0 Å². The molecule has 0 amide bonds. The zero-order chi connectivity index (χ0) is 13.2. The van der Waals surface area contributed by atoms with Crippen LogP contribution in [0.25, 0.3) is 11.0 Å². The maximum Gasteiger partial charge on any atom is 0.226 e. The van der Waals surface area contributed by atoms with Gasteiger partial charge in [0.2, 0.25) is 5.28 Å². The van der Waals surface area contributed by atoms with Gasteiger partial charge in [-0.15, -0.1) is 0 Å². The Bertz CT molecular complexity index is 702. The number of aromatic amines is 1. The molecule has 19 heavy (non-hydrogen) atoms. The fourth-order valence-corrected chi connectivity index (χ4v) is 1.99. The molecule has 0 atom stereocenters. The van der Waals surface area contributed by atoms with Crippen LogP contribution in [0.1, 0.15) is 5.56 Å². The zero-order valence-electron chi connectivity index (χ0n) is 10.3. The predicted molar refractivity (Wildman–Crippen MR) is 72.1 cm³/mol. The van der Waals surface area contributed by atoms with Crippen LogP contribution in [-0.2, 0) is 6.54 Å². The minimum atomic E-state index is 0.189. The Morgan fingerprint density at radius 3 is 3.05 bits per heavy atom. The van der Waals surface area contributed by atoms with Crippen LogP contribution in [0.15, 0.2) is 18.6 Å². The van der Waals surface area contributed by atoms with Crippen LogP contribution in [0, 0.1) is 6.92 Å². The number of hydrogen-bond donors (Lipinski definition) is 2.